The summed E-state index contributed by atoms with van der Waals surface area (Å²) in [7, 11) is 0. The van der Waals surface area contributed by atoms with Gasteiger partial charge in [0.1, 0.15) is 0 Å². The van der Waals surface area contributed by atoms with E-state index in [4.69, 9.17) is 0 Å². The van der Waals surface area contributed by atoms with Crippen molar-refractivity contribution < 1.29 is 0 Å². The van der Waals surface area contributed by atoms with Crippen molar-refractivity contribution in [3.05, 3.63) is 69.0 Å². The maximum Gasteiger partial charge on any atom is 0.331 e. The van der Waals surface area contributed by atoms with Crippen LogP contribution in [0.15, 0.2) is 52.2 Å². The van der Waals surface area contributed by atoms with E-state index < -0.39 is 0 Å². The summed E-state index contributed by atoms with van der Waals surface area (Å²) < 4.78 is 2.84. The number of nitrogens with zero attached hydrogens (tertiary/aromatic N) is 2. The van der Waals surface area contributed by atoms with Gasteiger partial charge >= 0.3 is 5.69 Å². The summed E-state index contributed by atoms with van der Waals surface area (Å²) in [6.45, 7) is 2.90. The molecule has 1 aromatic heterocycles. The van der Waals surface area contributed by atoms with E-state index >= 15 is 0 Å². The van der Waals surface area contributed by atoms with E-state index in [1.807, 2.05) is 37.3 Å². The molecule has 1 heterocycles. The predicted octanol–water partition coefficient (Wildman–Crippen LogP) is 1.47. The lowest BCUT2D eigenvalue weighted by Crippen LogP contribution is -2.39. The van der Waals surface area contributed by atoms with E-state index in [1.165, 1.54) is 10.6 Å². The summed E-state index contributed by atoms with van der Waals surface area (Å²) in [4.78, 5) is 23.7. The second-order valence-corrected chi connectivity index (χ2v) is 4.20. The normalized spacial score (nSPS) is 10.5. The van der Waals surface area contributed by atoms with Crippen molar-refractivity contribution in [1.29, 1.82) is 0 Å². The number of hydrogen-bond donors (Lipinski definition) is 0. The average molecular weight is 244 g/mol. The van der Waals surface area contributed by atoms with E-state index in [-0.39, 0.29) is 11.2 Å². The van der Waals surface area contributed by atoms with Crippen LogP contribution >= 0.6 is 0 Å². The van der Waals surface area contributed by atoms with E-state index in [0.29, 0.717) is 13.1 Å². The molecular weight excluding hydrogens is 228 g/mol. The van der Waals surface area contributed by atoms with Crippen LogP contribution in [0.25, 0.3) is 0 Å². The SMILES string of the molecule is CCCn1c(=O)ccn(Cc2ccccc2)c1=O. The molecule has 0 fully saturated rings. The van der Waals surface area contributed by atoms with Crippen LogP contribution in [-0.2, 0) is 13.1 Å². The molecule has 0 aliphatic heterocycles. The maximum absolute atomic E-state index is 12.1. The zero-order valence-corrected chi connectivity index (χ0v) is 10.4. The number of hydrogen-bond acceptors (Lipinski definition) is 2. The molecule has 0 atom stereocenters. The highest BCUT2D eigenvalue weighted by Crippen LogP contribution is 1.99. The fraction of sp³-hybridized carbons (Fsp3) is 0.286. The lowest BCUT2D eigenvalue weighted by atomic mass is 10.2. The number of rotatable bonds is 4. The lowest BCUT2D eigenvalue weighted by molar-refractivity contribution is 0.565. The molecule has 0 saturated heterocycles. The molecule has 0 amide bonds. The standard InChI is InChI=1S/C14H16N2O2/c1-2-9-16-13(17)8-10-15(14(16)18)11-12-6-4-3-5-7-12/h3-8,10H,2,9,11H2,1H3. The smallest absolute Gasteiger partial charge is 0.296 e. The summed E-state index contributed by atoms with van der Waals surface area (Å²) >= 11 is 0. The monoisotopic (exact) mass is 244 g/mol. The number of aromatic nitrogens is 2. The van der Waals surface area contributed by atoms with Crippen molar-refractivity contribution in [2.45, 2.75) is 26.4 Å². The van der Waals surface area contributed by atoms with E-state index in [1.54, 1.807) is 10.8 Å². The third-order valence-electron chi connectivity index (χ3n) is 2.78. The quantitative estimate of drug-likeness (QED) is 0.817. The zero-order valence-electron chi connectivity index (χ0n) is 10.4. The Morgan fingerprint density at radius 3 is 2.44 bits per heavy atom. The third-order valence-corrected chi connectivity index (χ3v) is 2.78. The maximum atomic E-state index is 12.1. The van der Waals surface area contributed by atoms with Crippen molar-refractivity contribution in [2.24, 2.45) is 0 Å². The molecule has 0 spiro atoms. The molecule has 4 nitrogen and oxygen atoms in total. The van der Waals surface area contributed by atoms with Gasteiger partial charge in [0, 0.05) is 18.8 Å². The summed E-state index contributed by atoms with van der Waals surface area (Å²) in [5, 5.41) is 0. The first-order valence-electron chi connectivity index (χ1n) is 6.06. The highest BCUT2D eigenvalue weighted by Gasteiger charge is 2.04. The van der Waals surface area contributed by atoms with Crippen molar-refractivity contribution in [3.8, 4) is 0 Å². The van der Waals surface area contributed by atoms with Crippen LogP contribution in [-0.4, -0.2) is 9.13 Å². The molecule has 4 heteroatoms. The van der Waals surface area contributed by atoms with Crippen LogP contribution in [0.3, 0.4) is 0 Å². The Hall–Kier alpha value is -2.10. The van der Waals surface area contributed by atoms with E-state index in [9.17, 15) is 9.59 Å². The second kappa shape index (κ2) is 5.49. The summed E-state index contributed by atoms with van der Waals surface area (Å²) in [6.07, 6.45) is 2.33. The van der Waals surface area contributed by atoms with Gasteiger partial charge in [-0.15, -0.1) is 0 Å². The van der Waals surface area contributed by atoms with Gasteiger partial charge in [-0.2, -0.15) is 0 Å². The molecule has 0 saturated carbocycles. The van der Waals surface area contributed by atoms with Gasteiger partial charge in [-0.05, 0) is 12.0 Å². The Labute approximate surface area is 105 Å². The molecular formula is C14H16N2O2. The van der Waals surface area contributed by atoms with Gasteiger partial charge in [0.2, 0.25) is 0 Å². The topological polar surface area (TPSA) is 44.0 Å². The van der Waals surface area contributed by atoms with Crippen LogP contribution in [0.1, 0.15) is 18.9 Å². The Kier molecular flexibility index (Phi) is 3.77. The first-order chi connectivity index (χ1) is 8.72. The molecule has 18 heavy (non-hydrogen) atoms. The fourth-order valence-corrected chi connectivity index (χ4v) is 1.89. The van der Waals surface area contributed by atoms with Crippen LogP contribution in [0.5, 0.6) is 0 Å². The van der Waals surface area contributed by atoms with Crippen molar-refractivity contribution in [1.82, 2.24) is 9.13 Å². The summed E-state index contributed by atoms with van der Waals surface area (Å²) in [6, 6.07) is 11.2. The first kappa shape index (κ1) is 12.4. The van der Waals surface area contributed by atoms with Gasteiger partial charge in [-0.1, -0.05) is 37.3 Å². The molecule has 0 radical (unpaired) electrons. The van der Waals surface area contributed by atoms with E-state index in [0.717, 1.165) is 12.0 Å². The van der Waals surface area contributed by atoms with Gasteiger partial charge in [0.25, 0.3) is 5.56 Å². The molecule has 0 N–H and O–H groups in total. The largest absolute Gasteiger partial charge is 0.331 e. The Morgan fingerprint density at radius 1 is 1.06 bits per heavy atom. The predicted molar refractivity (Wildman–Crippen MR) is 70.8 cm³/mol. The van der Waals surface area contributed by atoms with Crippen molar-refractivity contribution >= 4 is 0 Å². The van der Waals surface area contributed by atoms with Crippen LogP contribution < -0.4 is 11.2 Å². The first-order valence-corrected chi connectivity index (χ1v) is 6.06. The summed E-state index contributed by atoms with van der Waals surface area (Å²) in [5.74, 6) is 0. The number of benzene rings is 1. The summed E-state index contributed by atoms with van der Waals surface area (Å²) in [5.41, 5.74) is 0.570. The Bertz CT molecular complexity index is 626. The average Bonchev–Trinajstić information content (AvgIpc) is 2.39. The van der Waals surface area contributed by atoms with Gasteiger partial charge in [0.05, 0.1) is 6.54 Å². The van der Waals surface area contributed by atoms with Gasteiger partial charge in [-0.25, -0.2) is 4.79 Å². The molecule has 0 unspecified atom stereocenters. The highest BCUT2D eigenvalue weighted by atomic mass is 16.2. The molecule has 2 rings (SSSR count). The molecule has 0 aliphatic rings. The van der Waals surface area contributed by atoms with Gasteiger partial charge < -0.3 is 0 Å². The van der Waals surface area contributed by atoms with Crippen LogP contribution in [0.4, 0.5) is 0 Å². The molecule has 0 aliphatic carbocycles. The highest BCUT2D eigenvalue weighted by molar-refractivity contribution is 5.15. The minimum atomic E-state index is -0.242. The molecule has 0 bridgehead atoms. The molecule has 2 aromatic rings. The van der Waals surface area contributed by atoms with Crippen LogP contribution in [0.2, 0.25) is 0 Å². The Morgan fingerprint density at radius 2 is 1.78 bits per heavy atom. The second-order valence-electron chi connectivity index (χ2n) is 4.20. The minimum Gasteiger partial charge on any atom is -0.296 e. The molecule has 94 valence electrons. The lowest BCUT2D eigenvalue weighted by Gasteiger charge is -2.09. The van der Waals surface area contributed by atoms with Gasteiger partial charge in [-0.3, -0.25) is 13.9 Å². The third kappa shape index (κ3) is 2.59. The van der Waals surface area contributed by atoms with Crippen molar-refractivity contribution in [3.63, 3.8) is 0 Å². The molecule has 1 aromatic carbocycles. The minimum absolute atomic E-state index is 0.230. The van der Waals surface area contributed by atoms with Gasteiger partial charge in [0.15, 0.2) is 0 Å². The Balaban J connectivity index is 2.38. The van der Waals surface area contributed by atoms with Crippen molar-refractivity contribution in [2.75, 3.05) is 0 Å². The van der Waals surface area contributed by atoms with E-state index in [2.05, 4.69) is 0 Å². The van der Waals surface area contributed by atoms with Crippen LogP contribution in [0, 0.1) is 0 Å². The fourth-order valence-electron chi connectivity index (χ4n) is 1.89. The zero-order chi connectivity index (χ0) is 13.0.